The van der Waals surface area contributed by atoms with E-state index in [4.69, 9.17) is 0 Å². The minimum absolute atomic E-state index is 0.0688. The summed E-state index contributed by atoms with van der Waals surface area (Å²) >= 11 is 3.38. The highest BCUT2D eigenvalue weighted by molar-refractivity contribution is 9.10. The van der Waals surface area contributed by atoms with Crippen molar-refractivity contribution in [1.82, 2.24) is 0 Å². The topological polar surface area (TPSA) is 41.1 Å². The SMILES string of the molecule is O=C(Nc1ccc(Br)cc1)c1ccc2c(c1)CCCN2. The van der Waals surface area contributed by atoms with Crippen LogP contribution >= 0.6 is 15.9 Å². The number of halogens is 1. The molecule has 0 aromatic heterocycles. The summed E-state index contributed by atoms with van der Waals surface area (Å²) in [5, 5.41) is 6.26. The molecule has 1 amide bonds. The van der Waals surface area contributed by atoms with Gasteiger partial charge in [-0.15, -0.1) is 0 Å². The van der Waals surface area contributed by atoms with Crippen molar-refractivity contribution in [3.63, 3.8) is 0 Å². The van der Waals surface area contributed by atoms with Crippen molar-refractivity contribution in [3.05, 3.63) is 58.1 Å². The van der Waals surface area contributed by atoms with Gasteiger partial charge in [-0.3, -0.25) is 4.79 Å². The lowest BCUT2D eigenvalue weighted by Gasteiger charge is -2.18. The van der Waals surface area contributed by atoms with Crippen LogP contribution in [-0.4, -0.2) is 12.5 Å². The summed E-state index contributed by atoms with van der Waals surface area (Å²) in [4.78, 5) is 12.2. The highest BCUT2D eigenvalue weighted by atomic mass is 79.9. The van der Waals surface area contributed by atoms with Crippen molar-refractivity contribution in [3.8, 4) is 0 Å². The molecule has 20 heavy (non-hydrogen) atoms. The number of benzene rings is 2. The minimum atomic E-state index is -0.0688. The predicted octanol–water partition coefficient (Wildman–Crippen LogP) is 4.06. The molecule has 0 bridgehead atoms. The number of carbonyl (C=O) groups excluding carboxylic acids is 1. The van der Waals surface area contributed by atoms with Crippen LogP contribution in [0.15, 0.2) is 46.9 Å². The zero-order valence-electron chi connectivity index (χ0n) is 10.9. The third kappa shape index (κ3) is 2.85. The van der Waals surface area contributed by atoms with Gasteiger partial charge < -0.3 is 10.6 Å². The van der Waals surface area contributed by atoms with Gasteiger partial charge in [0.25, 0.3) is 5.91 Å². The van der Waals surface area contributed by atoms with E-state index in [0.717, 1.165) is 35.2 Å². The molecule has 0 radical (unpaired) electrons. The van der Waals surface area contributed by atoms with E-state index in [1.54, 1.807) is 0 Å². The Kier molecular flexibility index (Phi) is 3.74. The normalized spacial score (nSPS) is 13.2. The molecule has 3 nitrogen and oxygen atoms in total. The first-order valence-electron chi connectivity index (χ1n) is 6.66. The van der Waals surface area contributed by atoms with Gasteiger partial charge in [0.05, 0.1) is 0 Å². The Morgan fingerprint density at radius 2 is 1.95 bits per heavy atom. The average molecular weight is 331 g/mol. The van der Waals surface area contributed by atoms with Crippen molar-refractivity contribution in [2.75, 3.05) is 17.2 Å². The molecule has 102 valence electrons. The van der Waals surface area contributed by atoms with Gasteiger partial charge in [-0.2, -0.15) is 0 Å². The van der Waals surface area contributed by atoms with Gasteiger partial charge in [-0.1, -0.05) is 15.9 Å². The Bertz CT molecular complexity index is 637. The van der Waals surface area contributed by atoms with E-state index in [1.165, 1.54) is 5.56 Å². The van der Waals surface area contributed by atoms with E-state index in [2.05, 4.69) is 26.6 Å². The zero-order valence-corrected chi connectivity index (χ0v) is 12.5. The number of hydrogen-bond acceptors (Lipinski definition) is 2. The Morgan fingerprint density at radius 3 is 2.75 bits per heavy atom. The van der Waals surface area contributed by atoms with E-state index in [-0.39, 0.29) is 5.91 Å². The first kappa shape index (κ1) is 13.2. The van der Waals surface area contributed by atoms with Gasteiger partial charge in [0, 0.05) is 28.0 Å². The summed E-state index contributed by atoms with van der Waals surface area (Å²) in [6, 6.07) is 13.4. The fourth-order valence-corrected chi connectivity index (χ4v) is 2.62. The molecule has 2 aromatic carbocycles. The molecule has 0 saturated heterocycles. The van der Waals surface area contributed by atoms with Crippen LogP contribution in [0.3, 0.4) is 0 Å². The first-order valence-corrected chi connectivity index (χ1v) is 7.45. The summed E-state index contributed by atoms with van der Waals surface area (Å²) in [5.41, 5.74) is 3.88. The van der Waals surface area contributed by atoms with Gasteiger partial charge in [0.15, 0.2) is 0 Å². The fraction of sp³-hybridized carbons (Fsp3) is 0.188. The van der Waals surface area contributed by atoms with Gasteiger partial charge in [0.2, 0.25) is 0 Å². The van der Waals surface area contributed by atoms with Crippen molar-refractivity contribution >= 4 is 33.2 Å². The Morgan fingerprint density at radius 1 is 1.15 bits per heavy atom. The third-order valence-electron chi connectivity index (χ3n) is 3.41. The van der Waals surface area contributed by atoms with Gasteiger partial charge in [-0.05, 0) is 60.9 Å². The fourth-order valence-electron chi connectivity index (χ4n) is 2.35. The second kappa shape index (κ2) is 5.67. The molecule has 0 spiro atoms. The van der Waals surface area contributed by atoms with Gasteiger partial charge in [0.1, 0.15) is 0 Å². The maximum absolute atomic E-state index is 12.2. The first-order chi connectivity index (χ1) is 9.72. The van der Waals surface area contributed by atoms with Crippen LogP contribution in [0.2, 0.25) is 0 Å². The number of aryl methyl sites for hydroxylation is 1. The predicted molar refractivity (Wildman–Crippen MR) is 85.3 cm³/mol. The molecule has 0 unspecified atom stereocenters. The molecule has 3 rings (SSSR count). The van der Waals surface area contributed by atoms with Crippen LogP contribution in [0.4, 0.5) is 11.4 Å². The van der Waals surface area contributed by atoms with Crippen molar-refractivity contribution in [2.24, 2.45) is 0 Å². The Labute approximate surface area is 126 Å². The maximum Gasteiger partial charge on any atom is 0.255 e. The molecule has 0 aliphatic carbocycles. The van der Waals surface area contributed by atoms with E-state index < -0.39 is 0 Å². The molecule has 0 atom stereocenters. The molecule has 1 heterocycles. The van der Waals surface area contributed by atoms with Crippen LogP contribution in [0.1, 0.15) is 22.3 Å². The largest absolute Gasteiger partial charge is 0.385 e. The summed E-state index contributed by atoms with van der Waals surface area (Å²) in [6.45, 7) is 1.01. The highest BCUT2D eigenvalue weighted by Gasteiger charge is 2.12. The number of anilines is 2. The number of fused-ring (bicyclic) bond motifs is 1. The monoisotopic (exact) mass is 330 g/mol. The zero-order chi connectivity index (χ0) is 13.9. The van der Waals surface area contributed by atoms with E-state index in [0.29, 0.717) is 5.56 Å². The molecule has 0 fully saturated rings. The smallest absolute Gasteiger partial charge is 0.255 e. The van der Waals surface area contributed by atoms with Crippen LogP contribution in [-0.2, 0) is 6.42 Å². The molecule has 4 heteroatoms. The van der Waals surface area contributed by atoms with Crippen molar-refractivity contribution in [2.45, 2.75) is 12.8 Å². The van der Waals surface area contributed by atoms with E-state index >= 15 is 0 Å². The molecular weight excluding hydrogens is 316 g/mol. The molecule has 2 N–H and O–H groups in total. The molecule has 0 saturated carbocycles. The lowest BCUT2D eigenvalue weighted by molar-refractivity contribution is 0.102. The number of carbonyl (C=O) groups is 1. The standard InChI is InChI=1S/C16H15BrN2O/c17-13-4-6-14(7-5-13)19-16(20)12-3-8-15-11(10-12)2-1-9-18-15/h3-8,10,18H,1-2,9H2,(H,19,20). The van der Waals surface area contributed by atoms with Crippen LogP contribution in [0.25, 0.3) is 0 Å². The lowest BCUT2D eigenvalue weighted by atomic mass is 10.0. The molecular formula is C16H15BrN2O. The quantitative estimate of drug-likeness (QED) is 0.871. The number of amides is 1. The van der Waals surface area contributed by atoms with Crippen molar-refractivity contribution < 1.29 is 4.79 Å². The minimum Gasteiger partial charge on any atom is -0.385 e. The Balaban J connectivity index is 1.78. The van der Waals surface area contributed by atoms with Crippen LogP contribution < -0.4 is 10.6 Å². The lowest BCUT2D eigenvalue weighted by Crippen LogP contribution is -2.15. The van der Waals surface area contributed by atoms with E-state index in [9.17, 15) is 4.79 Å². The summed E-state index contributed by atoms with van der Waals surface area (Å²) in [7, 11) is 0. The molecule has 2 aromatic rings. The van der Waals surface area contributed by atoms with E-state index in [1.807, 2.05) is 42.5 Å². The second-order valence-corrected chi connectivity index (χ2v) is 5.78. The molecule has 1 aliphatic rings. The van der Waals surface area contributed by atoms with Crippen molar-refractivity contribution in [1.29, 1.82) is 0 Å². The average Bonchev–Trinajstić information content (AvgIpc) is 2.49. The van der Waals surface area contributed by atoms with Gasteiger partial charge >= 0.3 is 0 Å². The maximum atomic E-state index is 12.2. The summed E-state index contributed by atoms with van der Waals surface area (Å²) in [6.07, 6.45) is 2.15. The summed E-state index contributed by atoms with van der Waals surface area (Å²) < 4.78 is 0.996. The number of hydrogen-bond donors (Lipinski definition) is 2. The van der Waals surface area contributed by atoms with Crippen LogP contribution in [0, 0.1) is 0 Å². The second-order valence-electron chi connectivity index (χ2n) is 4.86. The number of rotatable bonds is 2. The van der Waals surface area contributed by atoms with Crippen LogP contribution in [0.5, 0.6) is 0 Å². The highest BCUT2D eigenvalue weighted by Crippen LogP contribution is 2.23. The van der Waals surface area contributed by atoms with Gasteiger partial charge in [-0.25, -0.2) is 0 Å². The molecule has 1 aliphatic heterocycles. The number of nitrogens with one attached hydrogen (secondary N) is 2. The summed E-state index contributed by atoms with van der Waals surface area (Å²) in [5.74, 6) is -0.0688. The third-order valence-corrected chi connectivity index (χ3v) is 3.94. The Hall–Kier alpha value is -1.81.